The van der Waals surface area contributed by atoms with E-state index in [1.807, 2.05) is 0 Å². The van der Waals surface area contributed by atoms with Crippen molar-refractivity contribution in [2.75, 3.05) is 6.54 Å². The number of hydrogen-bond donors (Lipinski definition) is 1. The zero-order valence-corrected chi connectivity index (χ0v) is 11.7. The molecule has 0 spiro atoms. The number of fused-ring (bicyclic) bond motifs is 1. The molecule has 1 saturated carbocycles. The van der Waals surface area contributed by atoms with Gasteiger partial charge in [-0.1, -0.05) is 56.2 Å². The van der Waals surface area contributed by atoms with Gasteiger partial charge in [0.05, 0.1) is 0 Å². The van der Waals surface area contributed by atoms with Crippen molar-refractivity contribution in [2.24, 2.45) is 5.92 Å². The molecule has 0 heterocycles. The molecule has 2 aromatic carbocycles. The lowest BCUT2D eigenvalue weighted by molar-refractivity contribution is 0.474. The Morgan fingerprint density at radius 2 is 1.89 bits per heavy atom. The molecule has 1 atom stereocenters. The van der Waals surface area contributed by atoms with Crippen molar-refractivity contribution < 1.29 is 0 Å². The van der Waals surface area contributed by atoms with Gasteiger partial charge in [-0.05, 0) is 47.7 Å². The predicted octanol–water partition coefficient (Wildman–Crippen LogP) is 4.68. The predicted molar refractivity (Wildman–Crippen MR) is 82.3 cm³/mol. The van der Waals surface area contributed by atoms with Crippen LogP contribution in [-0.2, 0) is 0 Å². The molecule has 3 rings (SSSR count). The highest BCUT2D eigenvalue weighted by molar-refractivity contribution is 5.83. The van der Waals surface area contributed by atoms with Gasteiger partial charge in [-0.25, -0.2) is 0 Å². The summed E-state index contributed by atoms with van der Waals surface area (Å²) in [6.45, 7) is 3.35. The van der Waals surface area contributed by atoms with Gasteiger partial charge in [0.15, 0.2) is 0 Å². The van der Waals surface area contributed by atoms with Crippen LogP contribution >= 0.6 is 0 Å². The summed E-state index contributed by atoms with van der Waals surface area (Å²) >= 11 is 0. The largest absolute Gasteiger partial charge is 0.310 e. The average Bonchev–Trinajstić information content (AvgIpc) is 3.27. The lowest BCUT2D eigenvalue weighted by Gasteiger charge is -2.19. The maximum absolute atomic E-state index is 3.72. The third-order valence-corrected chi connectivity index (χ3v) is 4.08. The summed E-state index contributed by atoms with van der Waals surface area (Å²) in [5, 5.41) is 6.42. The van der Waals surface area contributed by atoms with Crippen LogP contribution in [0.1, 0.15) is 44.2 Å². The molecule has 1 unspecified atom stereocenters. The van der Waals surface area contributed by atoms with E-state index < -0.39 is 0 Å². The molecule has 1 nitrogen and oxygen atoms in total. The highest BCUT2D eigenvalue weighted by Gasteiger charge is 2.25. The van der Waals surface area contributed by atoms with Crippen molar-refractivity contribution in [1.29, 1.82) is 0 Å². The van der Waals surface area contributed by atoms with E-state index in [-0.39, 0.29) is 0 Å². The Kier molecular flexibility index (Phi) is 3.84. The van der Waals surface area contributed by atoms with Gasteiger partial charge in [0.25, 0.3) is 0 Å². The second-order valence-corrected chi connectivity index (χ2v) is 5.79. The van der Waals surface area contributed by atoms with E-state index in [9.17, 15) is 0 Å². The summed E-state index contributed by atoms with van der Waals surface area (Å²) in [6, 6.07) is 16.1. The SMILES string of the molecule is CCCNC(CC1CC1)c1ccc2ccccc2c1. The number of benzene rings is 2. The van der Waals surface area contributed by atoms with E-state index >= 15 is 0 Å². The van der Waals surface area contributed by atoms with Crippen LogP contribution in [0.5, 0.6) is 0 Å². The number of hydrogen-bond acceptors (Lipinski definition) is 1. The molecule has 1 heteroatoms. The molecule has 0 amide bonds. The second-order valence-electron chi connectivity index (χ2n) is 5.79. The molecule has 1 N–H and O–H groups in total. The summed E-state index contributed by atoms with van der Waals surface area (Å²) in [6.07, 6.45) is 5.36. The molecule has 0 aromatic heterocycles. The molecule has 0 bridgehead atoms. The van der Waals surface area contributed by atoms with E-state index in [1.54, 1.807) is 0 Å². The maximum atomic E-state index is 3.72. The molecule has 19 heavy (non-hydrogen) atoms. The zero-order chi connectivity index (χ0) is 13.1. The van der Waals surface area contributed by atoms with Crippen LogP contribution in [0.25, 0.3) is 10.8 Å². The zero-order valence-electron chi connectivity index (χ0n) is 11.7. The minimum absolute atomic E-state index is 0.539. The van der Waals surface area contributed by atoms with Gasteiger partial charge in [0.1, 0.15) is 0 Å². The van der Waals surface area contributed by atoms with E-state index in [2.05, 4.69) is 54.7 Å². The fraction of sp³-hybridized carbons (Fsp3) is 0.444. The summed E-state index contributed by atoms with van der Waals surface area (Å²) in [5.41, 5.74) is 1.46. The molecular formula is C18H23N. The van der Waals surface area contributed by atoms with E-state index in [0.717, 1.165) is 12.5 Å². The topological polar surface area (TPSA) is 12.0 Å². The van der Waals surface area contributed by atoms with Gasteiger partial charge in [-0.3, -0.25) is 0 Å². The lowest BCUT2D eigenvalue weighted by Crippen LogP contribution is -2.22. The molecule has 0 saturated heterocycles. The van der Waals surface area contributed by atoms with Gasteiger partial charge in [-0.2, -0.15) is 0 Å². The van der Waals surface area contributed by atoms with Crippen molar-refractivity contribution in [2.45, 2.75) is 38.6 Å². The normalized spacial score (nSPS) is 16.7. The van der Waals surface area contributed by atoms with Crippen LogP contribution in [0.2, 0.25) is 0 Å². The van der Waals surface area contributed by atoms with Crippen LogP contribution in [0.15, 0.2) is 42.5 Å². The Balaban J connectivity index is 1.84. The smallest absolute Gasteiger partial charge is 0.0323 e. The average molecular weight is 253 g/mol. The second kappa shape index (κ2) is 5.75. The van der Waals surface area contributed by atoms with Crippen LogP contribution < -0.4 is 5.32 Å². The van der Waals surface area contributed by atoms with Gasteiger partial charge in [-0.15, -0.1) is 0 Å². The first-order chi connectivity index (χ1) is 9.36. The van der Waals surface area contributed by atoms with Crippen LogP contribution in [0, 0.1) is 5.92 Å². The number of rotatable bonds is 6. The Morgan fingerprint density at radius 3 is 2.63 bits per heavy atom. The van der Waals surface area contributed by atoms with Crippen molar-refractivity contribution in [3.8, 4) is 0 Å². The highest BCUT2D eigenvalue weighted by atomic mass is 14.9. The van der Waals surface area contributed by atoms with Crippen molar-refractivity contribution in [1.82, 2.24) is 5.32 Å². The minimum atomic E-state index is 0.539. The number of nitrogens with one attached hydrogen (secondary N) is 1. The molecule has 2 aromatic rings. The van der Waals surface area contributed by atoms with Crippen LogP contribution in [0.3, 0.4) is 0 Å². The molecule has 1 fully saturated rings. The third-order valence-electron chi connectivity index (χ3n) is 4.08. The first kappa shape index (κ1) is 12.7. The lowest BCUT2D eigenvalue weighted by atomic mass is 9.98. The van der Waals surface area contributed by atoms with E-state index in [0.29, 0.717) is 6.04 Å². The van der Waals surface area contributed by atoms with Crippen LogP contribution in [0.4, 0.5) is 0 Å². The van der Waals surface area contributed by atoms with Crippen LogP contribution in [-0.4, -0.2) is 6.54 Å². The van der Waals surface area contributed by atoms with Gasteiger partial charge < -0.3 is 5.32 Å². The Morgan fingerprint density at radius 1 is 1.11 bits per heavy atom. The summed E-state index contributed by atoms with van der Waals surface area (Å²) in [5.74, 6) is 0.959. The molecule has 0 radical (unpaired) electrons. The first-order valence-electron chi connectivity index (χ1n) is 7.59. The third kappa shape index (κ3) is 3.16. The molecule has 0 aliphatic heterocycles. The molecule has 1 aliphatic carbocycles. The van der Waals surface area contributed by atoms with Gasteiger partial charge in [0, 0.05) is 6.04 Å². The van der Waals surface area contributed by atoms with E-state index in [4.69, 9.17) is 0 Å². The standard InChI is InChI=1S/C18H23N/c1-2-11-19-18(12-14-7-8-14)17-10-9-15-5-3-4-6-16(15)13-17/h3-6,9-10,13-14,18-19H,2,7-8,11-12H2,1H3. The molecule has 1 aliphatic rings. The Bertz CT molecular complexity index is 542. The molecule has 100 valence electrons. The van der Waals surface area contributed by atoms with Gasteiger partial charge >= 0.3 is 0 Å². The summed E-state index contributed by atoms with van der Waals surface area (Å²) < 4.78 is 0. The highest BCUT2D eigenvalue weighted by Crippen LogP contribution is 2.38. The monoisotopic (exact) mass is 253 g/mol. The Hall–Kier alpha value is -1.34. The van der Waals surface area contributed by atoms with Crippen molar-refractivity contribution in [3.63, 3.8) is 0 Å². The van der Waals surface area contributed by atoms with Crippen molar-refractivity contribution >= 4 is 10.8 Å². The first-order valence-corrected chi connectivity index (χ1v) is 7.59. The summed E-state index contributed by atoms with van der Waals surface area (Å²) in [7, 11) is 0. The molecular weight excluding hydrogens is 230 g/mol. The summed E-state index contributed by atoms with van der Waals surface area (Å²) in [4.78, 5) is 0. The fourth-order valence-electron chi connectivity index (χ4n) is 2.77. The quantitative estimate of drug-likeness (QED) is 0.788. The van der Waals surface area contributed by atoms with E-state index in [1.165, 1.54) is 42.0 Å². The van der Waals surface area contributed by atoms with Gasteiger partial charge in [0.2, 0.25) is 0 Å². The maximum Gasteiger partial charge on any atom is 0.0323 e. The fourth-order valence-corrected chi connectivity index (χ4v) is 2.77. The Labute approximate surface area is 116 Å². The van der Waals surface area contributed by atoms with Crippen molar-refractivity contribution in [3.05, 3.63) is 48.0 Å². The minimum Gasteiger partial charge on any atom is -0.310 e.